The Morgan fingerprint density at radius 1 is 1.27 bits per heavy atom. The normalized spacial score (nSPS) is 13.9. The molecule has 0 aliphatic heterocycles. The maximum absolute atomic E-state index is 10.0. The Labute approximate surface area is 129 Å². The maximum atomic E-state index is 10.0. The lowest BCUT2D eigenvalue weighted by molar-refractivity contribution is 0.144. The van der Waals surface area contributed by atoms with Gasteiger partial charge in [0.1, 0.15) is 11.9 Å². The van der Waals surface area contributed by atoms with E-state index < -0.39 is 6.10 Å². The second-order valence-corrected chi connectivity index (χ2v) is 5.22. The van der Waals surface area contributed by atoms with Crippen LogP contribution in [0.15, 0.2) is 65.8 Å². The number of aliphatic hydroxyl groups is 1. The fourth-order valence-electron chi connectivity index (χ4n) is 2.33. The molecule has 2 heterocycles. The lowest BCUT2D eigenvalue weighted by Gasteiger charge is -2.17. The minimum absolute atomic E-state index is 0.140. The van der Waals surface area contributed by atoms with Crippen molar-refractivity contribution in [3.05, 3.63) is 72.7 Å². The second-order valence-electron chi connectivity index (χ2n) is 5.22. The second kappa shape index (κ2) is 6.60. The van der Waals surface area contributed by atoms with Crippen molar-refractivity contribution in [2.45, 2.75) is 19.1 Å². The van der Waals surface area contributed by atoms with Crippen molar-refractivity contribution in [3.63, 3.8) is 0 Å². The lowest BCUT2D eigenvalue weighted by atomic mass is 10.1. The van der Waals surface area contributed by atoms with Gasteiger partial charge in [0, 0.05) is 30.7 Å². The first-order valence-electron chi connectivity index (χ1n) is 7.27. The van der Waals surface area contributed by atoms with Crippen molar-refractivity contribution < 1.29 is 9.52 Å². The van der Waals surface area contributed by atoms with Crippen LogP contribution in [-0.4, -0.2) is 21.2 Å². The largest absolute Gasteiger partial charge is 0.467 e. The molecule has 0 saturated carbocycles. The Morgan fingerprint density at radius 2 is 2.09 bits per heavy atom. The summed E-state index contributed by atoms with van der Waals surface area (Å²) in [6.07, 6.45) is 6.38. The Morgan fingerprint density at radius 3 is 2.73 bits per heavy atom. The van der Waals surface area contributed by atoms with E-state index in [-0.39, 0.29) is 6.04 Å². The smallest absolute Gasteiger partial charge is 0.133 e. The van der Waals surface area contributed by atoms with Crippen LogP contribution in [0.3, 0.4) is 0 Å². The third-order valence-electron chi connectivity index (χ3n) is 3.68. The monoisotopic (exact) mass is 297 g/mol. The van der Waals surface area contributed by atoms with Gasteiger partial charge >= 0.3 is 0 Å². The molecule has 0 bridgehead atoms. The van der Waals surface area contributed by atoms with Gasteiger partial charge < -0.3 is 19.4 Å². The molecular weight excluding hydrogens is 278 g/mol. The van der Waals surface area contributed by atoms with Gasteiger partial charge in [-0.25, -0.2) is 4.98 Å². The van der Waals surface area contributed by atoms with Crippen molar-refractivity contribution in [2.24, 2.45) is 0 Å². The van der Waals surface area contributed by atoms with E-state index in [0.29, 0.717) is 12.3 Å². The van der Waals surface area contributed by atoms with E-state index in [4.69, 9.17) is 4.42 Å². The van der Waals surface area contributed by atoms with Crippen LogP contribution < -0.4 is 5.32 Å². The predicted molar refractivity (Wildman–Crippen MR) is 83.6 cm³/mol. The summed E-state index contributed by atoms with van der Waals surface area (Å²) in [6.45, 7) is 2.51. The number of aliphatic hydroxyl groups excluding tert-OH is 1. The van der Waals surface area contributed by atoms with Crippen LogP contribution in [0.2, 0.25) is 0 Å². The topological polar surface area (TPSA) is 63.2 Å². The molecular formula is C17H19N3O2. The Hall–Kier alpha value is -2.37. The van der Waals surface area contributed by atoms with Crippen LogP contribution in [-0.2, 0) is 0 Å². The van der Waals surface area contributed by atoms with E-state index in [1.807, 2.05) is 10.8 Å². The SMILES string of the molecule is CC(NCC(O)c1ccco1)c1ccc(-n2ccnc2)cc1. The zero-order valence-electron chi connectivity index (χ0n) is 12.4. The molecule has 0 fully saturated rings. The van der Waals surface area contributed by atoms with Crippen molar-refractivity contribution in [2.75, 3.05) is 6.54 Å². The van der Waals surface area contributed by atoms with E-state index in [0.717, 1.165) is 11.3 Å². The summed E-state index contributed by atoms with van der Waals surface area (Å²) in [5, 5.41) is 13.3. The summed E-state index contributed by atoms with van der Waals surface area (Å²) in [4.78, 5) is 4.04. The lowest BCUT2D eigenvalue weighted by Crippen LogP contribution is -2.24. The van der Waals surface area contributed by atoms with Crippen LogP contribution >= 0.6 is 0 Å². The first-order valence-corrected chi connectivity index (χ1v) is 7.27. The summed E-state index contributed by atoms with van der Waals surface area (Å²) in [6, 6.07) is 11.9. The standard InChI is InChI=1S/C17H19N3O2/c1-13(19-11-16(21)17-3-2-10-22-17)14-4-6-15(7-5-14)20-9-8-18-12-20/h2-10,12-13,16,19,21H,11H2,1H3. The number of imidazole rings is 1. The molecule has 2 N–H and O–H groups in total. The molecule has 3 aromatic rings. The Kier molecular flexibility index (Phi) is 4.37. The summed E-state index contributed by atoms with van der Waals surface area (Å²) in [7, 11) is 0. The van der Waals surface area contributed by atoms with Gasteiger partial charge in [-0.05, 0) is 36.8 Å². The van der Waals surface area contributed by atoms with Gasteiger partial charge in [-0.1, -0.05) is 12.1 Å². The third kappa shape index (κ3) is 3.27. The number of rotatable bonds is 6. The van der Waals surface area contributed by atoms with E-state index in [1.54, 1.807) is 30.9 Å². The third-order valence-corrected chi connectivity index (χ3v) is 3.68. The predicted octanol–water partition coefficient (Wildman–Crippen LogP) is 2.85. The molecule has 0 radical (unpaired) electrons. The van der Waals surface area contributed by atoms with Crippen molar-refractivity contribution in [3.8, 4) is 5.69 Å². The highest BCUT2D eigenvalue weighted by atomic mass is 16.4. The van der Waals surface area contributed by atoms with Crippen LogP contribution in [0.4, 0.5) is 0 Å². The van der Waals surface area contributed by atoms with E-state index in [1.165, 1.54) is 0 Å². The summed E-state index contributed by atoms with van der Waals surface area (Å²) in [5.74, 6) is 0.579. The van der Waals surface area contributed by atoms with Gasteiger partial charge in [0.2, 0.25) is 0 Å². The number of hydrogen-bond donors (Lipinski definition) is 2. The highest BCUT2D eigenvalue weighted by Gasteiger charge is 2.12. The fourth-order valence-corrected chi connectivity index (χ4v) is 2.33. The molecule has 0 aliphatic carbocycles. The molecule has 2 atom stereocenters. The molecule has 0 aliphatic rings. The zero-order chi connectivity index (χ0) is 15.4. The van der Waals surface area contributed by atoms with Crippen molar-refractivity contribution >= 4 is 0 Å². The van der Waals surface area contributed by atoms with Crippen LogP contribution in [0.1, 0.15) is 30.4 Å². The van der Waals surface area contributed by atoms with E-state index >= 15 is 0 Å². The van der Waals surface area contributed by atoms with Crippen molar-refractivity contribution in [1.29, 1.82) is 0 Å². The maximum Gasteiger partial charge on any atom is 0.133 e. The summed E-state index contributed by atoms with van der Waals surface area (Å²) < 4.78 is 7.15. The molecule has 0 spiro atoms. The van der Waals surface area contributed by atoms with Gasteiger partial charge in [0.15, 0.2) is 0 Å². The summed E-state index contributed by atoms with van der Waals surface area (Å²) in [5.41, 5.74) is 2.24. The molecule has 22 heavy (non-hydrogen) atoms. The molecule has 2 aromatic heterocycles. The first kappa shape index (κ1) is 14.6. The minimum atomic E-state index is -0.636. The molecule has 0 amide bonds. The van der Waals surface area contributed by atoms with Gasteiger partial charge in [0.25, 0.3) is 0 Å². The minimum Gasteiger partial charge on any atom is -0.467 e. The van der Waals surface area contributed by atoms with Crippen LogP contribution in [0, 0.1) is 0 Å². The quantitative estimate of drug-likeness (QED) is 0.734. The van der Waals surface area contributed by atoms with E-state index in [9.17, 15) is 5.11 Å². The number of hydrogen-bond acceptors (Lipinski definition) is 4. The van der Waals surface area contributed by atoms with Gasteiger partial charge in [-0.2, -0.15) is 0 Å². The summed E-state index contributed by atoms with van der Waals surface area (Å²) >= 11 is 0. The van der Waals surface area contributed by atoms with Gasteiger partial charge in [-0.3, -0.25) is 0 Å². The highest BCUT2D eigenvalue weighted by Crippen LogP contribution is 2.17. The van der Waals surface area contributed by atoms with Crippen LogP contribution in [0.5, 0.6) is 0 Å². The molecule has 114 valence electrons. The number of furan rings is 1. The highest BCUT2D eigenvalue weighted by molar-refractivity contribution is 5.35. The number of nitrogens with zero attached hydrogens (tertiary/aromatic N) is 2. The molecule has 3 rings (SSSR count). The molecule has 5 nitrogen and oxygen atoms in total. The number of benzene rings is 1. The zero-order valence-corrected chi connectivity index (χ0v) is 12.4. The Balaban J connectivity index is 1.59. The number of nitrogens with one attached hydrogen (secondary N) is 1. The average Bonchev–Trinajstić information content (AvgIpc) is 3.25. The van der Waals surface area contributed by atoms with Gasteiger partial charge in [0.05, 0.1) is 12.6 Å². The van der Waals surface area contributed by atoms with Crippen LogP contribution in [0.25, 0.3) is 5.69 Å². The fraction of sp³-hybridized carbons (Fsp3) is 0.235. The Bertz CT molecular complexity index is 675. The average molecular weight is 297 g/mol. The van der Waals surface area contributed by atoms with E-state index in [2.05, 4.69) is 41.5 Å². The molecule has 1 aromatic carbocycles. The van der Waals surface area contributed by atoms with Crippen molar-refractivity contribution in [1.82, 2.24) is 14.9 Å². The molecule has 2 unspecified atom stereocenters. The van der Waals surface area contributed by atoms with Gasteiger partial charge in [-0.15, -0.1) is 0 Å². The number of aromatic nitrogens is 2. The first-order chi connectivity index (χ1) is 10.7. The molecule has 5 heteroatoms. The molecule has 0 saturated heterocycles.